The van der Waals surface area contributed by atoms with Gasteiger partial charge in [-0.3, -0.25) is 9.69 Å². The van der Waals surface area contributed by atoms with E-state index >= 15 is 0 Å². The summed E-state index contributed by atoms with van der Waals surface area (Å²) in [7, 11) is 0. The fourth-order valence-electron chi connectivity index (χ4n) is 4.69. The first-order chi connectivity index (χ1) is 12.5. The molecular formula is C21H23N3O2. The lowest BCUT2D eigenvalue weighted by Gasteiger charge is -2.21. The highest BCUT2D eigenvalue weighted by atomic mass is 16.3. The first-order valence-corrected chi connectivity index (χ1v) is 9.16. The SMILES string of the molecule is Cc1cc(C(=O)CN2C3CC[C@@H]2C[C@@H]3O)c(C)n1-c1ccc(C#N)cc1. The van der Waals surface area contributed by atoms with E-state index in [1.54, 1.807) is 12.1 Å². The molecule has 0 spiro atoms. The molecule has 1 aromatic heterocycles. The Kier molecular flexibility index (Phi) is 4.18. The first kappa shape index (κ1) is 17.0. The molecule has 2 aliphatic rings. The number of aliphatic hydroxyl groups is 1. The highest BCUT2D eigenvalue weighted by Crippen LogP contribution is 2.37. The van der Waals surface area contributed by atoms with E-state index in [0.29, 0.717) is 18.2 Å². The van der Waals surface area contributed by atoms with Crippen molar-refractivity contribution in [1.29, 1.82) is 5.26 Å². The minimum absolute atomic E-state index is 0.115. The van der Waals surface area contributed by atoms with Crippen molar-refractivity contribution in [2.24, 2.45) is 0 Å². The van der Waals surface area contributed by atoms with Crippen LogP contribution >= 0.6 is 0 Å². The third-order valence-electron chi connectivity index (χ3n) is 5.96. The van der Waals surface area contributed by atoms with Gasteiger partial charge in [0.2, 0.25) is 0 Å². The molecule has 0 radical (unpaired) electrons. The number of carbonyl (C=O) groups is 1. The van der Waals surface area contributed by atoms with Gasteiger partial charge in [-0.05, 0) is 63.4 Å². The van der Waals surface area contributed by atoms with Crippen molar-refractivity contribution < 1.29 is 9.90 Å². The van der Waals surface area contributed by atoms with Crippen LogP contribution in [0.15, 0.2) is 30.3 Å². The summed E-state index contributed by atoms with van der Waals surface area (Å²) in [6, 6.07) is 12.0. The summed E-state index contributed by atoms with van der Waals surface area (Å²) in [5.74, 6) is 0.115. The molecule has 2 fully saturated rings. The Morgan fingerprint density at radius 1 is 1.27 bits per heavy atom. The predicted molar refractivity (Wildman–Crippen MR) is 98.4 cm³/mol. The van der Waals surface area contributed by atoms with Crippen molar-refractivity contribution in [1.82, 2.24) is 9.47 Å². The van der Waals surface area contributed by atoms with Gasteiger partial charge in [0.25, 0.3) is 0 Å². The number of hydrogen-bond donors (Lipinski definition) is 1. The number of hydrogen-bond acceptors (Lipinski definition) is 4. The van der Waals surface area contributed by atoms with Gasteiger partial charge in [-0.25, -0.2) is 0 Å². The van der Waals surface area contributed by atoms with E-state index in [-0.39, 0.29) is 17.9 Å². The molecule has 0 aliphatic carbocycles. The van der Waals surface area contributed by atoms with Crippen LogP contribution in [0.4, 0.5) is 0 Å². The molecule has 2 aromatic rings. The number of benzene rings is 1. The van der Waals surface area contributed by atoms with Crippen LogP contribution in [-0.2, 0) is 0 Å². The number of Topliss-reactive ketones (excluding diaryl/α,β-unsaturated/α-hetero) is 1. The summed E-state index contributed by atoms with van der Waals surface area (Å²) in [6.45, 7) is 4.33. The zero-order valence-electron chi connectivity index (χ0n) is 15.1. The summed E-state index contributed by atoms with van der Waals surface area (Å²) in [5, 5.41) is 19.1. The molecular weight excluding hydrogens is 326 g/mol. The largest absolute Gasteiger partial charge is 0.391 e. The molecule has 1 aromatic carbocycles. The smallest absolute Gasteiger partial charge is 0.178 e. The molecule has 1 N–H and O–H groups in total. The number of aromatic nitrogens is 1. The number of ketones is 1. The summed E-state index contributed by atoms with van der Waals surface area (Å²) in [5.41, 5.74) is 4.24. The molecule has 3 atom stereocenters. The molecule has 3 heterocycles. The van der Waals surface area contributed by atoms with Crippen LogP contribution in [0.2, 0.25) is 0 Å². The van der Waals surface area contributed by atoms with Crippen LogP contribution in [-0.4, -0.2) is 45.1 Å². The molecule has 134 valence electrons. The minimum Gasteiger partial charge on any atom is -0.391 e. The van der Waals surface area contributed by atoms with Gasteiger partial charge >= 0.3 is 0 Å². The highest BCUT2D eigenvalue weighted by Gasteiger charge is 2.46. The molecule has 26 heavy (non-hydrogen) atoms. The molecule has 0 amide bonds. The van der Waals surface area contributed by atoms with Crippen LogP contribution < -0.4 is 0 Å². The van der Waals surface area contributed by atoms with E-state index in [2.05, 4.69) is 15.5 Å². The fourth-order valence-corrected chi connectivity index (χ4v) is 4.69. The zero-order chi connectivity index (χ0) is 18.4. The number of nitriles is 1. The standard InChI is InChI=1S/C21H23N3O2/c1-13-9-18(14(2)24(13)16-5-3-15(11-22)4-6-16)21(26)12-23-17-7-8-19(23)20(25)10-17/h3-6,9,17,19-20,25H,7-8,10,12H2,1-2H3/t17-,19?,20+/m1/s1. The molecule has 2 saturated heterocycles. The average Bonchev–Trinajstić information content (AvgIpc) is 3.25. The van der Waals surface area contributed by atoms with Crippen LogP contribution in [0.3, 0.4) is 0 Å². The Hall–Kier alpha value is -2.42. The Morgan fingerprint density at radius 2 is 2.00 bits per heavy atom. The summed E-state index contributed by atoms with van der Waals surface area (Å²) in [6.07, 6.45) is 2.58. The quantitative estimate of drug-likeness (QED) is 0.862. The maximum absolute atomic E-state index is 13.0. The van der Waals surface area contributed by atoms with E-state index in [1.807, 2.05) is 32.0 Å². The Labute approximate surface area is 153 Å². The lowest BCUT2D eigenvalue weighted by Crippen LogP contribution is -2.36. The van der Waals surface area contributed by atoms with Crippen molar-refractivity contribution in [3.63, 3.8) is 0 Å². The zero-order valence-corrected chi connectivity index (χ0v) is 15.1. The summed E-state index contributed by atoms with van der Waals surface area (Å²) in [4.78, 5) is 15.2. The van der Waals surface area contributed by atoms with Crippen LogP contribution in [0.1, 0.15) is 46.6 Å². The monoisotopic (exact) mass is 349 g/mol. The Bertz CT molecular complexity index is 891. The van der Waals surface area contributed by atoms with Crippen molar-refractivity contribution in [2.45, 2.75) is 51.3 Å². The molecule has 4 rings (SSSR count). The van der Waals surface area contributed by atoms with Crippen molar-refractivity contribution in [3.05, 3.63) is 52.8 Å². The van der Waals surface area contributed by atoms with Crippen molar-refractivity contribution in [3.8, 4) is 11.8 Å². The van der Waals surface area contributed by atoms with Crippen LogP contribution in [0.5, 0.6) is 0 Å². The van der Waals surface area contributed by atoms with Gasteiger partial charge in [0.05, 0.1) is 24.3 Å². The third-order valence-corrected chi connectivity index (χ3v) is 5.96. The van der Waals surface area contributed by atoms with E-state index in [9.17, 15) is 9.90 Å². The number of fused-ring (bicyclic) bond motifs is 2. The van der Waals surface area contributed by atoms with Crippen LogP contribution in [0.25, 0.3) is 5.69 Å². The lowest BCUT2D eigenvalue weighted by molar-refractivity contribution is 0.0873. The van der Waals surface area contributed by atoms with Crippen LogP contribution in [0, 0.1) is 25.2 Å². The maximum atomic E-state index is 13.0. The second kappa shape index (κ2) is 6.39. The second-order valence-corrected chi connectivity index (χ2v) is 7.48. The first-order valence-electron chi connectivity index (χ1n) is 9.16. The fraction of sp³-hybridized carbons (Fsp3) is 0.429. The minimum atomic E-state index is -0.285. The second-order valence-electron chi connectivity index (χ2n) is 7.48. The highest BCUT2D eigenvalue weighted by molar-refractivity contribution is 5.99. The molecule has 5 nitrogen and oxygen atoms in total. The van der Waals surface area contributed by atoms with E-state index in [0.717, 1.165) is 41.9 Å². The van der Waals surface area contributed by atoms with Crippen molar-refractivity contribution >= 4 is 5.78 Å². The van der Waals surface area contributed by atoms with Gasteiger partial charge in [-0.2, -0.15) is 5.26 Å². The van der Waals surface area contributed by atoms with E-state index in [1.165, 1.54) is 0 Å². The van der Waals surface area contributed by atoms with E-state index in [4.69, 9.17) is 5.26 Å². The molecule has 0 saturated carbocycles. The third kappa shape index (κ3) is 2.66. The maximum Gasteiger partial charge on any atom is 0.178 e. The van der Waals surface area contributed by atoms with Gasteiger partial charge in [-0.1, -0.05) is 0 Å². The molecule has 2 bridgehead atoms. The van der Waals surface area contributed by atoms with Gasteiger partial charge in [0.1, 0.15) is 0 Å². The number of nitrogens with zero attached hydrogens (tertiary/aromatic N) is 3. The van der Waals surface area contributed by atoms with Gasteiger partial charge in [0.15, 0.2) is 5.78 Å². The number of aliphatic hydroxyl groups excluding tert-OH is 1. The molecule has 1 unspecified atom stereocenters. The predicted octanol–water partition coefficient (Wildman–Crippen LogP) is 2.75. The summed E-state index contributed by atoms with van der Waals surface area (Å²) >= 11 is 0. The van der Waals surface area contributed by atoms with Crippen molar-refractivity contribution in [2.75, 3.05) is 6.54 Å². The summed E-state index contributed by atoms with van der Waals surface area (Å²) < 4.78 is 2.06. The number of aryl methyl sites for hydroxylation is 1. The number of rotatable bonds is 4. The Morgan fingerprint density at radius 3 is 2.58 bits per heavy atom. The average molecular weight is 349 g/mol. The molecule has 2 aliphatic heterocycles. The lowest BCUT2D eigenvalue weighted by atomic mass is 9.98. The van der Waals surface area contributed by atoms with E-state index < -0.39 is 0 Å². The topological polar surface area (TPSA) is 69.3 Å². The normalized spacial score (nSPS) is 24.8. The van der Waals surface area contributed by atoms with Gasteiger partial charge in [0, 0.05) is 34.7 Å². The van der Waals surface area contributed by atoms with Gasteiger partial charge < -0.3 is 9.67 Å². The molecule has 5 heteroatoms. The Balaban J connectivity index is 1.60. The number of carbonyl (C=O) groups excluding carboxylic acids is 1. The van der Waals surface area contributed by atoms with Gasteiger partial charge in [-0.15, -0.1) is 0 Å².